The molecule has 1 aliphatic carbocycles. The fourth-order valence-corrected chi connectivity index (χ4v) is 3.25. The highest BCUT2D eigenvalue weighted by Crippen LogP contribution is 2.30. The molecule has 1 nitrogen and oxygen atoms in total. The summed E-state index contributed by atoms with van der Waals surface area (Å²) in [6.45, 7) is 0. The summed E-state index contributed by atoms with van der Waals surface area (Å²) < 4.78 is 35.6. The third-order valence-corrected chi connectivity index (χ3v) is 4.34. The summed E-state index contributed by atoms with van der Waals surface area (Å²) in [6, 6.07) is 0. The number of alkyl halides is 3. The average Bonchev–Trinajstić information content (AvgIpc) is 2.65. The second kappa shape index (κ2) is 6.74. The summed E-state index contributed by atoms with van der Waals surface area (Å²) in [5.74, 6) is 0.586. The average molecular weight is 256 g/mol. The van der Waals surface area contributed by atoms with Crippen LogP contribution in [0.15, 0.2) is 0 Å². The molecule has 0 aromatic heterocycles. The topological polar surface area (TPSA) is 20.2 Å². The maximum Gasteiger partial charge on any atom is 0.389 e. The van der Waals surface area contributed by atoms with Gasteiger partial charge in [-0.3, -0.25) is 0 Å². The molecule has 0 aromatic rings. The molecule has 1 unspecified atom stereocenters. The predicted molar refractivity (Wildman–Crippen MR) is 60.6 cm³/mol. The lowest BCUT2D eigenvalue weighted by Crippen LogP contribution is -2.14. The molecular weight excluding hydrogens is 237 g/mol. The van der Waals surface area contributed by atoms with Crippen LogP contribution in [0.25, 0.3) is 0 Å². The van der Waals surface area contributed by atoms with Gasteiger partial charge in [-0.2, -0.15) is 24.9 Å². The van der Waals surface area contributed by atoms with Crippen LogP contribution in [0.1, 0.15) is 44.9 Å². The highest BCUT2D eigenvalue weighted by Gasteiger charge is 2.26. The lowest BCUT2D eigenvalue weighted by atomic mass is 10.2. The van der Waals surface area contributed by atoms with Crippen LogP contribution in [0.5, 0.6) is 0 Å². The van der Waals surface area contributed by atoms with Gasteiger partial charge < -0.3 is 5.11 Å². The molecule has 16 heavy (non-hydrogen) atoms. The van der Waals surface area contributed by atoms with Crippen molar-refractivity contribution < 1.29 is 18.3 Å². The largest absolute Gasteiger partial charge is 0.392 e. The van der Waals surface area contributed by atoms with E-state index >= 15 is 0 Å². The Kier molecular flexibility index (Phi) is 5.97. The summed E-state index contributed by atoms with van der Waals surface area (Å²) >= 11 is 1.72. The number of aliphatic hydroxyl groups is 1. The van der Waals surface area contributed by atoms with Gasteiger partial charge in [0.05, 0.1) is 6.10 Å². The quantitative estimate of drug-likeness (QED) is 0.781. The molecule has 1 fully saturated rings. The smallest absolute Gasteiger partial charge is 0.389 e. The molecule has 5 heteroatoms. The fraction of sp³-hybridized carbons (Fsp3) is 1.00. The summed E-state index contributed by atoms with van der Waals surface area (Å²) in [7, 11) is 0. The SMILES string of the molecule is OC(CCCC(F)(F)F)CSC1CCCC1. The van der Waals surface area contributed by atoms with Crippen LogP contribution in [0.3, 0.4) is 0 Å². The van der Waals surface area contributed by atoms with E-state index in [1.165, 1.54) is 25.7 Å². The molecule has 0 saturated heterocycles. The Morgan fingerprint density at radius 2 is 1.88 bits per heavy atom. The van der Waals surface area contributed by atoms with Crippen molar-refractivity contribution in [2.24, 2.45) is 0 Å². The first-order chi connectivity index (χ1) is 7.47. The van der Waals surface area contributed by atoms with Crippen LogP contribution in [0, 0.1) is 0 Å². The van der Waals surface area contributed by atoms with Crippen molar-refractivity contribution in [1.29, 1.82) is 0 Å². The second-order valence-electron chi connectivity index (χ2n) is 4.40. The van der Waals surface area contributed by atoms with Crippen molar-refractivity contribution in [1.82, 2.24) is 0 Å². The summed E-state index contributed by atoms with van der Waals surface area (Å²) in [5.41, 5.74) is 0. The molecular formula is C11H19F3OS. The van der Waals surface area contributed by atoms with Crippen molar-refractivity contribution >= 4 is 11.8 Å². The molecule has 1 N–H and O–H groups in total. The van der Waals surface area contributed by atoms with Crippen LogP contribution < -0.4 is 0 Å². The first kappa shape index (κ1) is 14.2. The minimum Gasteiger partial charge on any atom is -0.392 e. The van der Waals surface area contributed by atoms with E-state index in [2.05, 4.69) is 0 Å². The van der Waals surface area contributed by atoms with Crippen molar-refractivity contribution in [3.63, 3.8) is 0 Å². The minimum atomic E-state index is -4.09. The highest BCUT2D eigenvalue weighted by molar-refractivity contribution is 7.99. The monoisotopic (exact) mass is 256 g/mol. The Bertz CT molecular complexity index is 190. The van der Waals surface area contributed by atoms with Crippen molar-refractivity contribution in [2.45, 2.75) is 62.5 Å². The lowest BCUT2D eigenvalue weighted by molar-refractivity contribution is -0.136. The van der Waals surface area contributed by atoms with Crippen LogP contribution in [0.4, 0.5) is 13.2 Å². The second-order valence-corrected chi connectivity index (χ2v) is 5.73. The number of hydrogen-bond donors (Lipinski definition) is 1. The number of thioether (sulfide) groups is 1. The Morgan fingerprint density at radius 3 is 2.44 bits per heavy atom. The first-order valence-electron chi connectivity index (χ1n) is 5.84. The van der Waals surface area contributed by atoms with Gasteiger partial charge >= 0.3 is 6.18 Å². The molecule has 1 rings (SSSR count). The van der Waals surface area contributed by atoms with Crippen LogP contribution >= 0.6 is 11.8 Å². The van der Waals surface area contributed by atoms with Crippen LogP contribution in [0.2, 0.25) is 0 Å². The van der Waals surface area contributed by atoms with Gasteiger partial charge in [0.15, 0.2) is 0 Å². The van der Waals surface area contributed by atoms with E-state index in [4.69, 9.17) is 0 Å². The van der Waals surface area contributed by atoms with Crippen molar-refractivity contribution in [3.05, 3.63) is 0 Å². The third-order valence-electron chi connectivity index (χ3n) is 2.82. The van der Waals surface area contributed by atoms with Crippen molar-refractivity contribution in [2.75, 3.05) is 5.75 Å². The van der Waals surface area contributed by atoms with Gasteiger partial charge in [0.2, 0.25) is 0 Å². The van der Waals surface area contributed by atoms with E-state index in [-0.39, 0.29) is 12.8 Å². The molecule has 0 amide bonds. The molecule has 0 radical (unpaired) electrons. The number of rotatable bonds is 6. The van der Waals surface area contributed by atoms with E-state index < -0.39 is 18.7 Å². The standard InChI is InChI=1S/C11H19F3OS/c12-11(13,14)7-3-4-9(15)8-16-10-5-1-2-6-10/h9-10,15H,1-8H2. The Hall–Kier alpha value is 0.100. The number of halogens is 3. The zero-order chi connectivity index (χ0) is 12.0. The zero-order valence-electron chi connectivity index (χ0n) is 9.30. The van der Waals surface area contributed by atoms with E-state index in [0.29, 0.717) is 11.0 Å². The number of aliphatic hydroxyl groups excluding tert-OH is 1. The molecule has 0 bridgehead atoms. The minimum absolute atomic E-state index is 0.0376. The molecule has 96 valence electrons. The molecule has 0 heterocycles. The van der Waals surface area contributed by atoms with Crippen LogP contribution in [-0.4, -0.2) is 28.4 Å². The Morgan fingerprint density at radius 1 is 1.25 bits per heavy atom. The molecule has 0 aromatic carbocycles. The first-order valence-corrected chi connectivity index (χ1v) is 6.88. The van der Waals surface area contributed by atoms with E-state index in [9.17, 15) is 18.3 Å². The van der Waals surface area contributed by atoms with E-state index in [1.807, 2.05) is 0 Å². The maximum atomic E-state index is 11.9. The third kappa shape index (κ3) is 6.63. The zero-order valence-corrected chi connectivity index (χ0v) is 10.1. The van der Waals surface area contributed by atoms with Gasteiger partial charge in [-0.05, 0) is 25.7 Å². The van der Waals surface area contributed by atoms with Gasteiger partial charge in [-0.25, -0.2) is 0 Å². The Balaban J connectivity index is 2.00. The summed E-state index contributed by atoms with van der Waals surface area (Å²) in [4.78, 5) is 0. The molecule has 0 spiro atoms. The fourth-order valence-electron chi connectivity index (χ4n) is 1.92. The summed E-state index contributed by atoms with van der Waals surface area (Å²) in [6.07, 6.45) is -0.247. The van der Waals surface area contributed by atoms with Gasteiger partial charge in [0.25, 0.3) is 0 Å². The van der Waals surface area contributed by atoms with E-state index in [0.717, 1.165) is 0 Å². The van der Waals surface area contributed by atoms with Crippen LogP contribution in [-0.2, 0) is 0 Å². The molecule has 1 aliphatic rings. The molecule has 1 saturated carbocycles. The van der Waals surface area contributed by atoms with Gasteiger partial charge in [-0.15, -0.1) is 0 Å². The predicted octanol–water partition coefficient (Wildman–Crippen LogP) is 3.76. The highest BCUT2D eigenvalue weighted by atomic mass is 32.2. The van der Waals surface area contributed by atoms with E-state index in [1.54, 1.807) is 11.8 Å². The maximum absolute atomic E-state index is 11.9. The van der Waals surface area contributed by atoms with Gasteiger partial charge in [-0.1, -0.05) is 12.8 Å². The molecule has 0 aliphatic heterocycles. The Labute approximate surface area is 98.8 Å². The lowest BCUT2D eigenvalue weighted by Gasteiger charge is -2.14. The van der Waals surface area contributed by atoms with Gasteiger partial charge in [0.1, 0.15) is 0 Å². The van der Waals surface area contributed by atoms with Gasteiger partial charge in [0, 0.05) is 17.4 Å². The molecule has 1 atom stereocenters. The normalized spacial score (nSPS) is 20.2. The van der Waals surface area contributed by atoms with Crippen molar-refractivity contribution in [3.8, 4) is 0 Å². The number of hydrogen-bond acceptors (Lipinski definition) is 2. The summed E-state index contributed by atoms with van der Waals surface area (Å²) in [5, 5.41) is 10.1.